The van der Waals surface area contributed by atoms with Crippen molar-refractivity contribution in [2.75, 3.05) is 5.75 Å². The molecule has 0 atom stereocenters. The highest BCUT2D eigenvalue weighted by Gasteiger charge is 2.33. The summed E-state index contributed by atoms with van der Waals surface area (Å²) < 4.78 is 63.6. The van der Waals surface area contributed by atoms with Crippen LogP contribution < -0.4 is 0 Å². The first-order valence-corrected chi connectivity index (χ1v) is 8.12. The van der Waals surface area contributed by atoms with Gasteiger partial charge in [-0.25, -0.2) is 13.4 Å². The molecular weight excluding hydrogens is 321 g/mol. The van der Waals surface area contributed by atoms with Gasteiger partial charge in [0.05, 0.1) is 11.3 Å². The monoisotopic (exact) mass is 334 g/mol. The van der Waals surface area contributed by atoms with E-state index < -0.39 is 32.4 Å². The quantitative estimate of drug-likeness (QED) is 0.806. The Balaban J connectivity index is 2.88. The van der Waals surface area contributed by atoms with Crippen LogP contribution in [0.2, 0.25) is 0 Å². The summed E-state index contributed by atoms with van der Waals surface area (Å²) in [6.45, 7) is 2.87. The van der Waals surface area contributed by atoms with E-state index in [4.69, 9.17) is 0 Å². The Bertz CT molecular complexity index is 838. The van der Waals surface area contributed by atoms with E-state index in [0.717, 1.165) is 16.5 Å². The Morgan fingerprint density at radius 1 is 1.27 bits per heavy atom. The van der Waals surface area contributed by atoms with Crippen molar-refractivity contribution in [1.82, 2.24) is 9.38 Å². The Morgan fingerprint density at radius 2 is 1.91 bits per heavy atom. The molecule has 2 heterocycles. The van der Waals surface area contributed by atoms with Gasteiger partial charge >= 0.3 is 6.18 Å². The van der Waals surface area contributed by atoms with Crippen molar-refractivity contribution < 1.29 is 26.4 Å². The predicted molar refractivity (Wildman–Crippen MR) is 72.5 cm³/mol. The summed E-state index contributed by atoms with van der Waals surface area (Å²) in [4.78, 5) is 15.8. The number of carbonyl (C=O) groups excluding carboxylic acids is 1. The molecule has 22 heavy (non-hydrogen) atoms. The van der Waals surface area contributed by atoms with Crippen LogP contribution in [-0.2, 0) is 16.0 Å². The fourth-order valence-electron chi connectivity index (χ4n) is 1.97. The molecule has 0 aliphatic rings. The fourth-order valence-corrected chi connectivity index (χ4v) is 3.15. The van der Waals surface area contributed by atoms with Crippen molar-refractivity contribution in [3.63, 3.8) is 0 Å². The molecular formula is C13H13F3N2O3S. The molecule has 0 spiro atoms. The minimum Gasteiger partial charge on any atom is -0.292 e. The second kappa shape index (κ2) is 5.38. The third-order valence-corrected chi connectivity index (χ3v) is 4.90. The molecule has 5 nitrogen and oxygen atoms in total. The lowest BCUT2D eigenvalue weighted by atomic mass is 10.2. The summed E-state index contributed by atoms with van der Waals surface area (Å²) in [7, 11) is -3.92. The minimum atomic E-state index is -4.62. The smallest absolute Gasteiger partial charge is 0.292 e. The van der Waals surface area contributed by atoms with Gasteiger partial charge < -0.3 is 0 Å². The normalized spacial score (nSPS) is 12.8. The number of ketones is 1. The van der Waals surface area contributed by atoms with Crippen molar-refractivity contribution in [3.05, 3.63) is 29.6 Å². The van der Waals surface area contributed by atoms with E-state index in [9.17, 15) is 26.4 Å². The first-order valence-electron chi connectivity index (χ1n) is 6.47. The van der Waals surface area contributed by atoms with Gasteiger partial charge in [0.2, 0.25) is 0 Å². The minimum absolute atomic E-state index is 0.00223. The summed E-state index contributed by atoms with van der Waals surface area (Å²) in [6.07, 6.45) is -3.97. The van der Waals surface area contributed by atoms with Crippen LogP contribution in [0.4, 0.5) is 13.2 Å². The molecule has 0 aromatic carbocycles. The number of halogens is 3. The maximum atomic E-state index is 12.8. The number of nitrogens with zero attached hydrogens (tertiary/aromatic N) is 2. The van der Waals surface area contributed by atoms with E-state index in [2.05, 4.69) is 4.98 Å². The third-order valence-electron chi connectivity index (χ3n) is 3.16. The number of aromatic nitrogens is 2. The lowest BCUT2D eigenvalue weighted by Gasteiger charge is -2.08. The second-order valence-electron chi connectivity index (χ2n) is 4.59. The SMILES string of the molecule is CCC(=O)c1nc2ccc(C(F)(F)F)cn2c1S(=O)(=O)CC. The van der Waals surface area contributed by atoms with Crippen molar-refractivity contribution >= 4 is 21.3 Å². The zero-order valence-electron chi connectivity index (χ0n) is 11.8. The van der Waals surface area contributed by atoms with Gasteiger partial charge in [-0.15, -0.1) is 0 Å². The molecule has 0 bridgehead atoms. The highest BCUT2D eigenvalue weighted by molar-refractivity contribution is 7.91. The van der Waals surface area contributed by atoms with Crippen LogP contribution in [0.5, 0.6) is 0 Å². The lowest BCUT2D eigenvalue weighted by molar-refractivity contribution is -0.137. The van der Waals surface area contributed by atoms with E-state index in [-0.39, 0.29) is 23.5 Å². The van der Waals surface area contributed by atoms with Gasteiger partial charge in [0.1, 0.15) is 11.3 Å². The van der Waals surface area contributed by atoms with Crippen LogP contribution in [0.25, 0.3) is 5.65 Å². The molecule has 2 aromatic heterocycles. The van der Waals surface area contributed by atoms with Crippen LogP contribution >= 0.6 is 0 Å². The van der Waals surface area contributed by atoms with E-state index in [1.165, 1.54) is 13.8 Å². The van der Waals surface area contributed by atoms with E-state index in [0.29, 0.717) is 6.20 Å². The van der Waals surface area contributed by atoms with Gasteiger partial charge in [0.15, 0.2) is 20.6 Å². The number of hydrogen-bond donors (Lipinski definition) is 0. The number of alkyl halides is 3. The molecule has 0 aliphatic heterocycles. The molecule has 0 unspecified atom stereocenters. The number of hydrogen-bond acceptors (Lipinski definition) is 4. The van der Waals surface area contributed by atoms with Gasteiger partial charge in [-0.2, -0.15) is 13.2 Å². The van der Waals surface area contributed by atoms with E-state index >= 15 is 0 Å². The van der Waals surface area contributed by atoms with Gasteiger partial charge in [-0.05, 0) is 12.1 Å². The number of carbonyl (C=O) groups is 1. The lowest BCUT2D eigenvalue weighted by Crippen LogP contribution is -2.13. The van der Waals surface area contributed by atoms with Gasteiger partial charge in [-0.3, -0.25) is 9.20 Å². The Kier molecular flexibility index (Phi) is 4.03. The van der Waals surface area contributed by atoms with Crippen molar-refractivity contribution in [1.29, 1.82) is 0 Å². The number of Topliss-reactive ketones (excluding diaryl/α,β-unsaturated/α-hetero) is 1. The van der Waals surface area contributed by atoms with Crippen molar-refractivity contribution in [2.24, 2.45) is 0 Å². The number of rotatable bonds is 4. The third kappa shape index (κ3) is 2.72. The first kappa shape index (κ1) is 16.5. The molecule has 2 rings (SSSR count). The van der Waals surface area contributed by atoms with Crippen molar-refractivity contribution in [3.8, 4) is 0 Å². The van der Waals surface area contributed by atoms with Crippen LogP contribution in [0.3, 0.4) is 0 Å². The van der Waals surface area contributed by atoms with Crippen molar-refractivity contribution in [2.45, 2.75) is 31.5 Å². The Hall–Kier alpha value is -1.90. The standard InChI is InChI=1S/C13H13F3N2O3S/c1-3-9(19)11-12(22(20,21)4-2)18-7-8(13(14,15)16)5-6-10(18)17-11/h5-7H,3-4H2,1-2H3. The fraction of sp³-hybridized carbons (Fsp3) is 0.385. The maximum Gasteiger partial charge on any atom is 0.417 e. The average Bonchev–Trinajstić information content (AvgIpc) is 2.84. The summed E-state index contributed by atoms with van der Waals surface area (Å²) >= 11 is 0. The Labute approximate surface area is 124 Å². The Morgan fingerprint density at radius 3 is 2.41 bits per heavy atom. The average molecular weight is 334 g/mol. The second-order valence-corrected chi connectivity index (χ2v) is 6.78. The summed E-state index contributed by atoms with van der Waals surface area (Å²) in [5.41, 5.74) is -1.35. The molecule has 0 fully saturated rings. The molecule has 0 N–H and O–H groups in total. The molecule has 9 heteroatoms. The van der Waals surface area contributed by atoms with E-state index in [1.54, 1.807) is 0 Å². The topological polar surface area (TPSA) is 68.5 Å². The molecule has 0 saturated heterocycles. The molecule has 2 aromatic rings. The molecule has 0 radical (unpaired) electrons. The number of fused-ring (bicyclic) bond motifs is 1. The molecule has 0 aliphatic carbocycles. The number of sulfone groups is 1. The van der Waals surface area contributed by atoms with Gasteiger partial charge in [0.25, 0.3) is 0 Å². The van der Waals surface area contributed by atoms with Gasteiger partial charge in [0, 0.05) is 12.6 Å². The van der Waals surface area contributed by atoms with Crippen LogP contribution in [-0.4, -0.2) is 29.3 Å². The summed E-state index contributed by atoms with van der Waals surface area (Å²) in [6, 6.07) is 1.84. The largest absolute Gasteiger partial charge is 0.417 e. The van der Waals surface area contributed by atoms with Crippen LogP contribution in [0, 0.1) is 0 Å². The van der Waals surface area contributed by atoms with E-state index in [1.807, 2.05) is 0 Å². The molecule has 120 valence electrons. The maximum absolute atomic E-state index is 12.8. The highest BCUT2D eigenvalue weighted by atomic mass is 32.2. The zero-order chi connectivity index (χ0) is 16.7. The highest BCUT2D eigenvalue weighted by Crippen LogP contribution is 2.31. The zero-order valence-corrected chi connectivity index (χ0v) is 12.6. The first-order chi connectivity index (χ1) is 10.1. The van der Waals surface area contributed by atoms with Crippen LogP contribution in [0.15, 0.2) is 23.4 Å². The van der Waals surface area contributed by atoms with Crippen LogP contribution in [0.1, 0.15) is 36.3 Å². The summed E-state index contributed by atoms with van der Waals surface area (Å²) in [5.74, 6) is -0.884. The van der Waals surface area contributed by atoms with Gasteiger partial charge in [-0.1, -0.05) is 13.8 Å². The predicted octanol–water partition coefficient (Wildman–Crippen LogP) is 2.74. The number of imidazole rings is 1. The number of pyridine rings is 1. The molecule has 0 saturated carbocycles. The molecule has 0 amide bonds. The summed E-state index contributed by atoms with van der Waals surface area (Å²) in [5, 5.41) is -0.483.